The maximum atomic E-state index is 12.0. The van der Waals surface area contributed by atoms with E-state index in [4.69, 9.17) is 12.2 Å². The number of aryl methyl sites for hydroxylation is 2. The largest absolute Gasteiger partial charge is 0.351 e. The van der Waals surface area contributed by atoms with Crippen LogP contribution in [0.15, 0.2) is 79.3 Å². The zero-order valence-electron chi connectivity index (χ0n) is 20.5. The molecule has 36 heavy (non-hydrogen) atoms. The molecule has 1 aliphatic heterocycles. The average Bonchev–Trinajstić information content (AvgIpc) is 3.50. The van der Waals surface area contributed by atoms with Gasteiger partial charge in [-0.2, -0.15) is 0 Å². The van der Waals surface area contributed by atoms with E-state index in [0.29, 0.717) is 11.5 Å². The average molecular weight is 497 g/mol. The molecular formula is C28H28N6OS. The van der Waals surface area contributed by atoms with Crippen LogP contribution >= 0.6 is 12.2 Å². The molecule has 3 aromatic heterocycles. The molecule has 4 heterocycles. The first kappa shape index (κ1) is 23.7. The number of pyridine rings is 2. The zero-order valence-corrected chi connectivity index (χ0v) is 21.3. The topological polar surface area (TPSA) is 75.1 Å². The normalized spacial score (nSPS) is 17.2. The Labute approximate surface area is 216 Å². The highest BCUT2D eigenvalue weighted by atomic mass is 32.1. The molecule has 7 nitrogen and oxygen atoms in total. The molecule has 1 aromatic carbocycles. The van der Waals surface area contributed by atoms with Crippen molar-refractivity contribution in [2.75, 3.05) is 10.2 Å². The van der Waals surface area contributed by atoms with Gasteiger partial charge in [-0.3, -0.25) is 9.78 Å². The van der Waals surface area contributed by atoms with Crippen LogP contribution in [0.2, 0.25) is 0 Å². The third kappa shape index (κ3) is 4.47. The van der Waals surface area contributed by atoms with Crippen LogP contribution in [0.4, 0.5) is 11.4 Å². The Morgan fingerprint density at radius 2 is 1.94 bits per heavy atom. The van der Waals surface area contributed by atoms with Gasteiger partial charge in [-0.15, -0.1) is 0 Å². The van der Waals surface area contributed by atoms with Crippen LogP contribution in [0, 0.1) is 13.8 Å². The number of hydrogen-bond donors (Lipinski definition) is 2. The Morgan fingerprint density at radius 3 is 2.64 bits per heavy atom. The molecule has 5 rings (SSSR count). The van der Waals surface area contributed by atoms with Gasteiger partial charge in [-0.25, -0.2) is 4.98 Å². The molecule has 0 saturated carbocycles. The number of anilines is 2. The molecule has 1 fully saturated rings. The van der Waals surface area contributed by atoms with Crippen molar-refractivity contribution >= 4 is 34.6 Å². The Balaban J connectivity index is 1.61. The van der Waals surface area contributed by atoms with Gasteiger partial charge in [0.1, 0.15) is 11.9 Å². The second kappa shape index (κ2) is 9.91. The molecule has 0 spiro atoms. The predicted octanol–water partition coefficient (Wildman–Crippen LogP) is 5.41. The van der Waals surface area contributed by atoms with Crippen molar-refractivity contribution < 1.29 is 4.79 Å². The molecule has 0 unspecified atom stereocenters. The molecule has 4 aromatic rings. The minimum Gasteiger partial charge on any atom is -0.351 e. The number of aromatic nitrogens is 3. The summed E-state index contributed by atoms with van der Waals surface area (Å²) in [5.41, 5.74) is 5.75. The number of hydrogen-bond acceptors (Lipinski definition) is 4. The minimum atomic E-state index is -0.180. The van der Waals surface area contributed by atoms with Gasteiger partial charge in [0, 0.05) is 42.1 Å². The van der Waals surface area contributed by atoms with Crippen LogP contribution in [0.3, 0.4) is 0 Å². The predicted molar refractivity (Wildman–Crippen MR) is 146 cm³/mol. The molecule has 2 atom stereocenters. The second-order valence-electron chi connectivity index (χ2n) is 8.89. The van der Waals surface area contributed by atoms with E-state index in [1.807, 2.05) is 75.6 Å². The fourth-order valence-corrected chi connectivity index (χ4v) is 4.90. The summed E-state index contributed by atoms with van der Waals surface area (Å²) in [6.45, 7) is 5.86. The van der Waals surface area contributed by atoms with E-state index in [9.17, 15) is 4.79 Å². The van der Waals surface area contributed by atoms with Crippen molar-refractivity contribution in [2.45, 2.75) is 39.3 Å². The standard InChI is InChI=1S/C28H28N6OS/c1-4-25(35)31-21-12-11-20(16-19(21)3)34-27(26(32-28(34)36)22-8-5-6-14-29-22)23-9-7-15-33(23)24-13-10-18(2)17-30-24/h5-17,26-27H,4H2,1-3H3,(H,31,35)(H,32,36)/t26-,27-/m1/s1. The highest BCUT2D eigenvalue weighted by Gasteiger charge is 2.42. The number of carbonyl (C=O) groups excluding carboxylic acids is 1. The number of nitrogens with one attached hydrogen (secondary N) is 2. The third-order valence-corrected chi connectivity index (χ3v) is 6.72. The van der Waals surface area contributed by atoms with Gasteiger partial charge >= 0.3 is 0 Å². The van der Waals surface area contributed by atoms with E-state index < -0.39 is 0 Å². The summed E-state index contributed by atoms with van der Waals surface area (Å²) in [4.78, 5) is 23.4. The van der Waals surface area contributed by atoms with Crippen molar-refractivity contribution in [3.8, 4) is 5.82 Å². The molecule has 2 N–H and O–H groups in total. The summed E-state index contributed by atoms with van der Waals surface area (Å²) in [5.74, 6) is 0.827. The molecule has 8 heteroatoms. The Morgan fingerprint density at radius 1 is 1.08 bits per heavy atom. The summed E-state index contributed by atoms with van der Waals surface area (Å²) in [6, 6.07) is 19.8. The van der Waals surface area contributed by atoms with Gasteiger partial charge in [0.05, 0.1) is 11.7 Å². The Kier molecular flexibility index (Phi) is 6.52. The van der Waals surface area contributed by atoms with Gasteiger partial charge in [0.15, 0.2) is 5.11 Å². The van der Waals surface area contributed by atoms with Crippen LogP contribution in [0.1, 0.15) is 47.9 Å². The van der Waals surface area contributed by atoms with Crippen LogP contribution in [-0.2, 0) is 4.79 Å². The molecule has 182 valence electrons. The molecule has 1 saturated heterocycles. The van der Waals surface area contributed by atoms with Gasteiger partial charge < -0.3 is 20.1 Å². The van der Waals surface area contributed by atoms with Crippen molar-refractivity contribution in [3.05, 3.63) is 102 Å². The van der Waals surface area contributed by atoms with Crippen LogP contribution in [-0.4, -0.2) is 25.6 Å². The lowest BCUT2D eigenvalue weighted by molar-refractivity contribution is -0.115. The van der Waals surface area contributed by atoms with E-state index in [0.717, 1.165) is 39.7 Å². The lowest BCUT2D eigenvalue weighted by Gasteiger charge is -2.29. The van der Waals surface area contributed by atoms with Crippen molar-refractivity contribution in [1.82, 2.24) is 19.9 Å². The number of benzene rings is 1. The van der Waals surface area contributed by atoms with Gasteiger partial charge in [0.2, 0.25) is 5.91 Å². The molecule has 1 aliphatic rings. The van der Waals surface area contributed by atoms with Crippen LogP contribution in [0.5, 0.6) is 0 Å². The van der Waals surface area contributed by atoms with E-state index >= 15 is 0 Å². The smallest absolute Gasteiger partial charge is 0.224 e. The fourth-order valence-electron chi connectivity index (χ4n) is 4.56. The lowest BCUT2D eigenvalue weighted by atomic mass is 10.0. The highest BCUT2D eigenvalue weighted by Crippen LogP contribution is 2.42. The number of amides is 1. The molecular weight excluding hydrogens is 468 g/mol. The highest BCUT2D eigenvalue weighted by molar-refractivity contribution is 7.80. The molecule has 0 aliphatic carbocycles. The van der Waals surface area contributed by atoms with E-state index in [1.54, 1.807) is 6.20 Å². The van der Waals surface area contributed by atoms with Crippen molar-refractivity contribution in [3.63, 3.8) is 0 Å². The lowest BCUT2D eigenvalue weighted by Crippen LogP contribution is -2.30. The van der Waals surface area contributed by atoms with Gasteiger partial charge in [0.25, 0.3) is 0 Å². The molecule has 0 radical (unpaired) electrons. The molecule has 1 amide bonds. The van der Waals surface area contributed by atoms with E-state index in [1.165, 1.54) is 0 Å². The van der Waals surface area contributed by atoms with Gasteiger partial charge in [-0.1, -0.05) is 19.1 Å². The first-order chi connectivity index (χ1) is 17.5. The minimum absolute atomic E-state index is 0.0132. The van der Waals surface area contributed by atoms with E-state index in [2.05, 4.69) is 48.3 Å². The van der Waals surface area contributed by atoms with Crippen LogP contribution < -0.4 is 15.5 Å². The van der Waals surface area contributed by atoms with Crippen molar-refractivity contribution in [2.24, 2.45) is 0 Å². The SMILES string of the molecule is CCC(=O)Nc1ccc(N2C(=S)N[C@H](c3ccccn3)[C@H]2c2cccn2-c2ccc(C)cn2)cc1C. The Bertz CT molecular complexity index is 1400. The summed E-state index contributed by atoms with van der Waals surface area (Å²) < 4.78 is 2.10. The Hall–Kier alpha value is -4.04. The third-order valence-electron chi connectivity index (χ3n) is 6.41. The fraction of sp³-hybridized carbons (Fsp3) is 0.214. The second-order valence-corrected chi connectivity index (χ2v) is 9.28. The van der Waals surface area contributed by atoms with Crippen LogP contribution in [0.25, 0.3) is 5.82 Å². The maximum absolute atomic E-state index is 12.0. The summed E-state index contributed by atoms with van der Waals surface area (Å²) in [6.07, 6.45) is 6.13. The van der Waals surface area contributed by atoms with E-state index in [-0.39, 0.29) is 18.0 Å². The maximum Gasteiger partial charge on any atom is 0.224 e. The summed E-state index contributed by atoms with van der Waals surface area (Å²) in [7, 11) is 0. The van der Waals surface area contributed by atoms with Crippen molar-refractivity contribution in [1.29, 1.82) is 0 Å². The quantitative estimate of drug-likeness (QED) is 0.348. The first-order valence-corrected chi connectivity index (χ1v) is 12.4. The first-order valence-electron chi connectivity index (χ1n) is 12.0. The monoisotopic (exact) mass is 496 g/mol. The summed E-state index contributed by atoms with van der Waals surface area (Å²) in [5, 5.41) is 7.10. The number of thiocarbonyl (C=S) groups is 1. The number of nitrogens with zero attached hydrogens (tertiary/aromatic N) is 4. The summed E-state index contributed by atoms with van der Waals surface area (Å²) >= 11 is 5.88. The van der Waals surface area contributed by atoms with Gasteiger partial charge in [-0.05, 0) is 85.7 Å². The molecule has 0 bridgehead atoms. The zero-order chi connectivity index (χ0) is 25.2. The number of rotatable bonds is 6. The number of carbonyl (C=O) groups is 1.